The van der Waals surface area contributed by atoms with Gasteiger partial charge >= 0.3 is 0 Å². The number of aryl methyl sites for hydroxylation is 1. The Morgan fingerprint density at radius 3 is 2.61 bits per heavy atom. The average Bonchev–Trinajstić information content (AvgIpc) is 2.51. The average molecular weight is 333 g/mol. The molecule has 0 saturated carbocycles. The van der Waals surface area contributed by atoms with E-state index in [0.717, 1.165) is 18.5 Å². The molecule has 0 radical (unpaired) electrons. The first kappa shape index (κ1) is 17.2. The SMILES string of the molecule is Cc1ccc(Cl)cc1NC(=O)c1cnc(NCCC(C)C)nc1. The molecule has 0 aliphatic heterocycles. The van der Waals surface area contributed by atoms with Gasteiger partial charge in [-0.3, -0.25) is 4.79 Å². The molecule has 23 heavy (non-hydrogen) atoms. The number of anilines is 2. The summed E-state index contributed by atoms with van der Waals surface area (Å²) in [6, 6.07) is 5.36. The van der Waals surface area contributed by atoms with Gasteiger partial charge in [0.15, 0.2) is 0 Å². The summed E-state index contributed by atoms with van der Waals surface area (Å²) < 4.78 is 0. The molecule has 0 fully saturated rings. The van der Waals surface area contributed by atoms with Gasteiger partial charge < -0.3 is 10.6 Å². The number of benzene rings is 1. The Hall–Kier alpha value is -2.14. The molecule has 0 atom stereocenters. The van der Waals surface area contributed by atoms with E-state index in [1.54, 1.807) is 12.1 Å². The van der Waals surface area contributed by atoms with E-state index in [2.05, 4.69) is 34.4 Å². The van der Waals surface area contributed by atoms with Crippen molar-refractivity contribution in [1.29, 1.82) is 0 Å². The Balaban J connectivity index is 1.98. The van der Waals surface area contributed by atoms with Gasteiger partial charge in [0.1, 0.15) is 0 Å². The van der Waals surface area contributed by atoms with Gasteiger partial charge in [0.05, 0.1) is 5.56 Å². The van der Waals surface area contributed by atoms with E-state index >= 15 is 0 Å². The molecule has 5 nitrogen and oxygen atoms in total. The monoisotopic (exact) mass is 332 g/mol. The van der Waals surface area contributed by atoms with Crippen molar-refractivity contribution in [2.24, 2.45) is 5.92 Å². The first-order valence-electron chi connectivity index (χ1n) is 7.59. The molecule has 2 rings (SSSR count). The second-order valence-corrected chi connectivity index (χ2v) is 6.25. The maximum absolute atomic E-state index is 12.2. The summed E-state index contributed by atoms with van der Waals surface area (Å²) in [7, 11) is 0. The predicted octanol–water partition coefficient (Wildman–Crippen LogP) is 4.15. The molecule has 0 aliphatic rings. The summed E-state index contributed by atoms with van der Waals surface area (Å²) >= 11 is 5.95. The molecule has 0 aliphatic carbocycles. The zero-order chi connectivity index (χ0) is 16.8. The number of aromatic nitrogens is 2. The largest absolute Gasteiger partial charge is 0.354 e. The highest BCUT2D eigenvalue weighted by atomic mass is 35.5. The highest BCUT2D eigenvalue weighted by Crippen LogP contribution is 2.20. The zero-order valence-electron chi connectivity index (χ0n) is 13.6. The van der Waals surface area contributed by atoms with Crippen LogP contribution < -0.4 is 10.6 Å². The molecule has 2 aromatic rings. The molecule has 122 valence electrons. The van der Waals surface area contributed by atoms with Gasteiger partial charge in [-0.1, -0.05) is 31.5 Å². The van der Waals surface area contributed by atoms with Gasteiger partial charge in [0.25, 0.3) is 5.91 Å². The number of carbonyl (C=O) groups is 1. The minimum Gasteiger partial charge on any atom is -0.354 e. The Labute approximate surface area is 141 Å². The number of carbonyl (C=O) groups excluding carboxylic acids is 1. The van der Waals surface area contributed by atoms with Crippen molar-refractivity contribution in [2.75, 3.05) is 17.2 Å². The maximum atomic E-state index is 12.2. The first-order chi connectivity index (χ1) is 11.0. The van der Waals surface area contributed by atoms with E-state index < -0.39 is 0 Å². The second-order valence-electron chi connectivity index (χ2n) is 5.82. The molecular weight excluding hydrogens is 312 g/mol. The summed E-state index contributed by atoms with van der Waals surface area (Å²) in [6.07, 6.45) is 4.07. The van der Waals surface area contributed by atoms with Crippen molar-refractivity contribution in [3.8, 4) is 0 Å². The van der Waals surface area contributed by atoms with Crippen LogP contribution in [0.1, 0.15) is 36.2 Å². The molecule has 1 heterocycles. The lowest BCUT2D eigenvalue weighted by atomic mass is 10.1. The van der Waals surface area contributed by atoms with E-state index in [9.17, 15) is 4.79 Å². The minimum absolute atomic E-state index is 0.260. The van der Waals surface area contributed by atoms with Crippen LogP contribution in [0.15, 0.2) is 30.6 Å². The predicted molar refractivity (Wildman–Crippen MR) is 94.1 cm³/mol. The van der Waals surface area contributed by atoms with Gasteiger partial charge in [-0.25, -0.2) is 9.97 Å². The molecule has 2 N–H and O–H groups in total. The molecule has 0 spiro atoms. The number of nitrogens with zero attached hydrogens (tertiary/aromatic N) is 2. The molecule has 1 aromatic heterocycles. The van der Waals surface area contributed by atoms with Gasteiger partial charge in [-0.2, -0.15) is 0 Å². The first-order valence-corrected chi connectivity index (χ1v) is 7.97. The van der Waals surface area contributed by atoms with Crippen LogP contribution in [-0.2, 0) is 0 Å². The van der Waals surface area contributed by atoms with Crippen LogP contribution in [0, 0.1) is 12.8 Å². The summed E-state index contributed by atoms with van der Waals surface area (Å²) in [5.74, 6) is 0.888. The lowest BCUT2D eigenvalue weighted by Gasteiger charge is -2.09. The fourth-order valence-corrected chi connectivity index (χ4v) is 2.10. The van der Waals surface area contributed by atoms with Gasteiger partial charge in [0.2, 0.25) is 5.95 Å². The van der Waals surface area contributed by atoms with Crippen LogP contribution in [0.2, 0.25) is 5.02 Å². The van der Waals surface area contributed by atoms with Gasteiger partial charge in [-0.15, -0.1) is 0 Å². The topological polar surface area (TPSA) is 66.9 Å². The van der Waals surface area contributed by atoms with Crippen LogP contribution in [0.4, 0.5) is 11.6 Å². The Kier molecular flexibility index (Phi) is 5.93. The Morgan fingerprint density at radius 2 is 1.96 bits per heavy atom. The molecular formula is C17H21ClN4O. The van der Waals surface area contributed by atoms with E-state index in [-0.39, 0.29) is 5.91 Å². The lowest BCUT2D eigenvalue weighted by molar-refractivity contribution is 0.102. The molecule has 1 amide bonds. The molecule has 0 bridgehead atoms. The minimum atomic E-state index is -0.260. The summed E-state index contributed by atoms with van der Waals surface area (Å²) in [5, 5.41) is 6.53. The van der Waals surface area contributed by atoms with E-state index in [1.807, 2.05) is 13.0 Å². The van der Waals surface area contributed by atoms with Crippen molar-refractivity contribution in [2.45, 2.75) is 27.2 Å². The third-order valence-electron chi connectivity index (χ3n) is 3.37. The molecule has 0 unspecified atom stereocenters. The molecule has 0 saturated heterocycles. The van der Waals surface area contributed by atoms with Crippen molar-refractivity contribution in [1.82, 2.24) is 9.97 Å². The van der Waals surface area contributed by atoms with E-state index in [0.29, 0.717) is 28.1 Å². The summed E-state index contributed by atoms with van der Waals surface area (Å²) in [4.78, 5) is 20.6. The van der Waals surface area contributed by atoms with E-state index in [4.69, 9.17) is 11.6 Å². The van der Waals surface area contributed by atoms with Crippen molar-refractivity contribution in [3.05, 3.63) is 46.7 Å². The quantitative estimate of drug-likeness (QED) is 0.834. The van der Waals surface area contributed by atoms with Gasteiger partial charge in [-0.05, 0) is 37.0 Å². The normalized spacial score (nSPS) is 10.7. The molecule has 1 aromatic carbocycles. The number of amides is 1. The number of hydrogen-bond acceptors (Lipinski definition) is 4. The van der Waals surface area contributed by atoms with Gasteiger partial charge in [0, 0.05) is 29.6 Å². The van der Waals surface area contributed by atoms with E-state index in [1.165, 1.54) is 12.4 Å². The van der Waals surface area contributed by atoms with Crippen LogP contribution in [0.5, 0.6) is 0 Å². The fraction of sp³-hybridized carbons (Fsp3) is 0.353. The highest BCUT2D eigenvalue weighted by Gasteiger charge is 2.09. The summed E-state index contributed by atoms with van der Waals surface area (Å²) in [5.41, 5.74) is 2.02. The third-order valence-corrected chi connectivity index (χ3v) is 3.60. The highest BCUT2D eigenvalue weighted by molar-refractivity contribution is 6.31. The lowest BCUT2D eigenvalue weighted by Crippen LogP contribution is -2.14. The van der Waals surface area contributed by atoms with Crippen molar-refractivity contribution < 1.29 is 4.79 Å². The second kappa shape index (κ2) is 7.92. The zero-order valence-corrected chi connectivity index (χ0v) is 14.3. The Morgan fingerprint density at radius 1 is 1.26 bits per heavy atom. The third kappa shape index (κ3) is 5.21. The number of halogens is 1. The van der Waals surface area contributed by atoms with Crippen LogP contribution in [0.3, 0.4) is 0 Å². The number of rotatable bonds is 6. The number of nitrogens with one attached hydrogen (secondary N) is 2. The van der Waals surface area contributed by atoms with Crippen LogP contribution in [-0.4, -0.2) is 22.4 Å². The fourth-order valence-electron chi connectivity index (χ4n) is 1.93. The maximum Gasteiger partial charge on any atom is 0.258 e. The standard InChI is InChI=1S/C17H21ClN4O/c1-11(2)6-7-19-17-20-9-13(10-21-17)16(23)22-15-8-14(18)5-4-12(15)3/h4-5,8-11H,6-7H2,1-3H3,(H,22,23)(H,19,20,21). The van der Waals surface area contributed by atoms with Crippen LogP contribution in [0.25, 0.3) is 0 Å². The van der Waals surface area contributed by atoms with Crippen molar-refractivity contribution in [3.63, 3.8) is 0 Å². The smallest absolute Gasteiger partial charge is 0.258 e. The summed E-state index contributed by atoms with van der Waals surface area (Å²) in [6.45, 7) is 7.04. The molecule has 6 heteroatoms. The van der Waals surface area contributed by atoms with Crippen LogP contribution >= 0.6 is 11.6 Å². The van der Waals surface area contributed by atoms with Crippen molar-refractivity contribution >= 4 is 29.1 Å². The number of hydrogen-bond donors (Lipinski definition) is 2. The Bertz CT molecular complexity index is 671.